The molecule has 0 radical (unpaired) electrons. The second kappa shape index (κ2) is 11.9. The Hall–Kier alpha value is -5.86. The number of rotatable bonds is 4. The van der Waals surface area contributed by atoms with Crippen LogP contribution in [0.2, 0.25) is 0 Å². The van der Waals surface area contributed by atoms with Gasteiger partial charge in [-0.3, -0.25) is 0 Å². The molecule has 1 heterocycles. The molecule has 1 spiro atoms. The van der Waals surface area contributed by atoms with Gasteiger partial charge in [-0.05, 0) is 143 Å². The topological polar surface area (TPSA) is 8.17 Å². The van der Waals surface area contributed by atoms with Gasteiger partial charge in [0.1, 0.15) is 0 Å². The van der Waals surface area contributed by atoms with Crippen molar-refractivity contribution >= 4 is 38.9 Å². The minimum atomic E-state index is -0.105. The smallest absolute Gasteiger partial charge is 0.0543 e. The lowest BCUT2D eigenvalue weighted by Gasteiger charge is -2.53. The summed E-state index contributed by atoms with van der Waals surface area (Å²) in [4.78, 5) is 2.62. The normalized spacial score (nSPS) is 24.2. The van der Waals surface area contributed by atoms with Crippen LogP contribution < -0.4 is 4.90 Å². The van der Waals surface area contributed by atoms with Crippen molar-refractivity contribution in [1.29, 1.82) is 0 Å². The molecule has 14 rings (SSSR count). The lowest BCUT2D eigenvalue weighted by Crippen LogP contribution is -2.48. The zero-order valence-electron chi connectivity index (χ0n) is 33.5. The van der Waals surface area contributed by atoms with Crippen molar-refractivity contribution in [3.8, 4) is 27.9 Å². The first-order valence-corrected chi connectivity index (χ1v) is 21.9. The number of hydrogen-bond donors (Lipinski definition) is 0. The molecule has 6 aliphatic carbocycles. The van der Waals surface area contributed by atoms with Crippen molar-refractivity contribution in [2.45, 2.75) is 63.2 Å². The summed E-state index contributed by atoms with van der Waals surface area (Å²) in [5.41, 5.74) is 19.0. The lowest BCUT2D eigenvalue weighted by molar-refractivity contribution is 0.0618. The van der Waals surface area contributed by atoms with E-state index in [9.17, 15) is 0 Å². The molecule has 0 N–H and O–H groups in total. The van der Waals surface area contributed by atoms with Gasteiger partial charge in [0.15, 0.2) is 0 Å². The molecule has 58 heavy (non-hydrogen) atoms. The molecular weight excluding hydrogens is 701 g/mol. The van der Waals surface area contributed by atoms with E-state index in [1.807, 2.05) is 0 Å². The van der Waals surface area contributed by atoms with Gasteiger partial charge in [0.25, 0.3) is 0 Å². The fourth-order valence-electron chi connectivity index (χ4n) is 13.7. The summed E-state index contributed by atoms with van der Waals surface area (Å²) < 4.78 is 2.46. The molecule has 7 aromatic carbocycles. The maximum atomic E-state index is 2.62. The highest BCUT2D eigenvalue weighted by molar-refractivity contribution is 6.09. The Balaban J connectivity index is 1.07. The van der Waals surface area contributed by atoms with Gasteiger partial charge < -0.3 is 9.47 Å². The fourth-order valence-corrected chi connectivity index (χ4v) is 13.7. The van der Waals surface area contributed by atoms with Gasteiger partial charge in [0, 0.05) is 44.2 Å². The Morgan fingerprint density at radius 3 is 1.95 bits per heavy atom. The number of para-hydroxylation sites is 2. The number of hydrogen-bond acceptors (Lipinski definition) is 1. The van der Waals surface area contributed by atoms with Crippen LogP contribution in [0.3, 0.4) is 0 Å². The van der Waals surface area contributed by atoms with Gasteiger partial charge in [-0.1, -0.05) is 129 Å². The van der Waals surface area contributed by atoms with E-state index in [0.29, 0.717) is 11.8 Å². The molecule has 5 atom stereocenters. The molecule has 282 valence electrons. The SMILES string of the molecule is CC1(C)c2ccccc2-c2ccc(N(c3cccc(-n4c5ccccc5c5ccccc54)c3)c3cccc4c3-c3ccccc3C43C4CCC5CC(C4)CC3C5)cc21. The Kier molecular flexibility index (Phi) is 6.77. The van der Waals surface area contributed by atoms with Crippen molar-refractivity contribution in [1.82, 2.24) is 4.57 Å². The summed E-state index contributed by atoms with van der Waals surface area (Å²) in [6.07, 6.45) is 8.39. The van der Waals surface area contributed by atoms with Crippen LogP contribution in [0.15, 0.2) is 158 Å². The number of nitrogens with zero attached hydrogens (tertiary/aromatic N) is 2. The molecule has 4 bridgehead atoms. The van der Waals surface area contributed by atoms with Gasteiger partial charge in [-0.25, -0.2) is 0 Å². The van der Waals surface area contributed by atoms with Crippen molar-refractivity contribution in [3.63, 3.8) is 0 Å². The second-order valence-electron chi connectivity index (χ2n) is 18.9. The van der Waals surface area contributed by atoms with E-state index >= 15 is 0 Å². The first-order chi connectivity index (χ1) is 28.5. The molecule has 0 amide bonds. The van der Waals surface area contributed by atoms with Crippen LogP contribution in [0.1, 0.15) is 74.6 Å². The van der Waals surface area contributed by atoms with E-state index in [-0.39, 0.29) is 10.8 Å². The first-order valence-electron chi connectivity index (χ1n) is 21.9. The van der Waals surface area contributed by atoms with Crippen LogP contribution in [0.4, 0.5) is 17.1 Å². The molecule has 5 unspecified atom stereocenters. The average molecular weight is 749 g/mol. The summed E-state index contributed by atoms with van der Waals surface area (Å²) >= 11 is 0. The van der Waals surface area contributed by atoms with Crippen LogP contribution in [0, 0.1) is 23.7 Å². The maximum absolute atomic E-state index is 2.62. The van der Waals surface area contributed by atoms with E-state index in [0.717, 1.165) is 11.8 Å². The molecule has 0 saturated heterocycles. The van der Waals surface area contributed by atoms with E-state index in [4.69, 9.17) is 0 Å². The quantitative estimate of drug-likeness (QED) is 0.174. The predicted molar refractivity (Wildman–Crippen MR) is 241 cm³/mol. The summed E-state index contributed by atoms with van der Waals surface area (Å²) in [6.45, 7) is 4.81. The Morgan fingerprint density at radius 2 is 1.12 bits per heavy atom. The highest BCUT2D eigenvalue weighted by atomic mass is 15.1. The number of anilines is 3. The first kappa shape index (κ1) is 33.1. The zero-order chi connectivity index (χ0) is 38.3. The lowest BCUT2D eigenvalue weighted by atomic mass is 9.51. The Labute approximate surface area is 341 Å². The van der Waals surface area contributed by atoms with E-state index in [1.54, 1.807) is 11.1 Å². The van der Waals surface area contributed by atoms with Crippen molar-refractivity contribution in [3.05, 3.63) is 180 Å². The van der Waals surface area contributed by atoms with E-state index in [1.165, 1.54) is 116 Å². The highest BCUT2D eigenvalue weighted by Crippen LogP contribution is 2.69. The monoisotopic (exact) mass is 748 g/mol. The standard InChI is InChI=1S/C56H48N2/c1-55(2)47-19-7-3-15-42(47)43-28-27-41(34-50(43)55)57(39-13-11-14-40(33-39)58-51-22-9-5-16-44(51)45-17-6-10-23-52(45)58)53-24-12-21-49-54(53)46-18-4-8-20-48(46)56(49)37-26-25-35-29-36(31-37)32-38(56)30-35/h3-24,27-28,33-38H,25-26,29-32H2,1-2H3. The summed E-state index contributed by atoms with van der Waals surface area (Å²) in [5.74, 6) is 3.21. The van der Waals surface area contributed by atoms with E-state index < -0.39 is 0 Å². The van der Waals surface area contributed by atoms with Gasteiger partial charge >= 0.3 is 0 Å². The van der Waals surface area contributed by atoms with Crippen molar-refractivity contribution < 1.29 is 0 Å². The van der Waals surface area contributed by atoms with E-state index in [2.05, 4.69) is 181 Å². The van der Waals surface area contributed by atoms with Crippen LogP contribution in [0.5, 0.6) is 0 Å². The van der Waals surface area contributed by atoms with Crippen molar-refractivity contribution in [2.24, 2.45) is 23.7 Å². The third-order valence-electron chi connectivity index (χ3n) is 15.9. The molecule has 2 nitrogen and oxygen atoms in total. The largest absolute Gasteiger partial charge is 0.310 e. The minimum absolute atomic E-state index is 0.0890. The van der Waals surface area contributed by atoms with Crippen LogP contribution in [0.25, 0.3) is 49.7 Å². The van der Waals surface area contributed by atoms with Gasteiger partial charge in [-0.15, -0.1) is 0 Å². The predicted octanol–water partition coefficient (Wildman–Crippen LogP) is 14.7. The second-order valence-corrected chi connectivity index (χ2v) is 18.9. The van der Waals surface area contributed by atoms with Gasteiger partial charge in [0.05, 0.1) is 16.7 Å². The molecular formula is C56H48N2. The van der Waals surface area contributed by atoms with Crippen molar-refractivity contribution in [2.75, 3.05) is 4.90 Å². The molecule has 1 aromatic heterocycles. The fraction of sp³-hybridized carbons (Fsp3) is 0.250. The minimum Gasteiger partial charge on any atom is -0.310 e. The third kappa shape index (κ3) is 4.28. The third-order valence-corrected chi connectivity index (χ3v) is 15.9. The molecule has 6 aliphatic rings. The number of aromatic nitrogens is 1. The number of benzene rings is 7. The van der Waals surface area contributed by atoms with Gasteiger partial charge in [0.2, 0.25) is 0 Å². The molecule has 4 fully saturated rings. The molecule has 0 aliphatic heterocycles. The summed E-state index contributed by atoms with van der Waals surface area (Å²) in [5, 5.41) is 2.57. The summed E-state index contributed by atoms with van der Waals surface area (Å²) in [7, 11) is 0. The van der Waals surface area contributed by atoms with Gasteiger partial charge in [-0.2, -0.15) is 0 Å². The Morgan fingerprint density at radius 1 is 0.483 bits per heavy atom. The summed E-state index contributed by atoms with van der Waals surface area (Å²) in [6, 6.07) is 60.5. The zero-order valence-corrected chi connectivity index (χ0v) is 33.5. The van der Waals surface area contributed by atoms with Crippen LogP contribution in [-0.4, -0.2) is 4.57 Å². The molecule has 8 aromatic rings. The molecule has 2 heteroatoms. The average Bonchev–Trinajstić information content (AvgIpc) is 3.76. The number of fused-ring (bicyclic) bond motifs is 10. The van der Waals surface area contributed by atoms with Crippen LogP contribution >= 0.6 is 0 Å². The molecule has 4 saturated carbocycles. The Bertz CT molecular complexity index is 2940. The maximum Gasteiger partial charge on any atom is 0.0543 e. The van der Waals surface area contributed by atoms with Crippen LogP contribution in [-0.2, 0) is 10.8 Å². The highest BCUT2D eigenvalue weighted by Gasteiger charge is 2.60.